The van der Waals surface area contributed by atoms with Gasteiger partial charge in [-0.3, -0.25) is 0 Å². The molecule has 0 heterocycles. The molecule has 0 nitrogen and oxygen atoms in total. The predicted molar refractivity (Wildman–Crippen MR) is 110 cm³/mol. The molecule has 0 fully saturated rings. The number of hydrogen-bond donors (Lipinski definition) is 0. The lowest BCUT2D eigenvalue weighted by atomic mass is 9.97. The second-order valence-electron chi connectivity index (χ2n) is 6.04. The van der Waals surface area contributed by atoms with E-state index in [0.717, 1.165) is 4.47 Å². The molecule has 0 N–H and O–H groups in total. The van der Waals surface area contributed by atoms with Gasteiger partial charge in [0.1, 0.15) is 0 Å². The normalized spacial score (nSPS) is 10.6. The Balaban J connectivity index is 1.71. The molecule has 0 unspecified atom stereocenters. The molecule has 0 aliphatic rings. The molecular formula is C24H17Br. The van der Waals surface area contributed by atoms with E-state index in [-0.39, 0.29) is 0 Å². The first-order valence-electron chi connectivity index (χ1n) is 8.31. The van der Waals surface area contributed by atoms with Crippen LogP contribution < -0.4 is 0 Å². The Bertz CT molecular complexity index is 971. The maximum atomic E-state index is 3.66. The van der Waals surface area contributed by atoms with Gasteiger partial charge in [-0.2, -0.15) is 0 Å². The van der Waals surface area contributed by atoms with Gasteiger partial charge in [-0.1, -0.05) is 101 Å². The third kappa shape index (κ3) is 3.57. The Morgan fingerprint density at radius 2 is 0.720 bits per heavy atom. The van der Waals surface area contributed by atoms with Crippen LogP contribution in [0.15, 0.2) is 108 Å². The second-order valence-corrected chi connectivity index (χ2v) is 6.95. The fraction of sp³-hybridized carbons (Fsp3) is 0. The zero-order chi connectivity index (χ0) is 17.1. The maximum Gasteiger partial charge on any atom is 0.0187 e. The summed E-state index contributed by atoms with van der Waals surface area (Å²) in [6.45, 7) is 0. The minimum absolute atomic E-state index is 1.09. The summed E-state index contributed by atoms with van der Waals surface area (Å²) in [5.41, 5.74) is 7.37. The quantitative estimate of drug-likeness (QED) is 0.344. The molecule has 0 bridgehead atoms. The average Bonchev–Trinajstić information content (AvgIpc) is 2.69. The first-order valence-corrected chi connectivity index (χ1v) is 9.11. The van der Waals surface area contributed by atoms with Gasteiger partial charge in [-0.05, 0) is 51.6 Å². The molecule has 0 aromatic heterocycles. The highest BCUT2D eigenvalue weighted by molar-refractivity contribution is 9.10. The number of hydrogen-bond acceptors (Lipinski definition) is 0. The van der Waals surface area contributed by atoms with Crippen LogP contribution in [0.5, 0.6) is 0 Å². The Labute approximate surface area is 156 Å². The van der Waals surface area contributed by atoms with Crippen LogP contribution in [-0.4, -0.2) is 0 Å². The minimum Gasteiger partial charge on any atom is -0.0622 e. The predicted octanol–water partition coefficient (Wildman–Crippen LogP) is 7.45. The van der Waals surface area contributed by atoms with Gasteiger partial charge >= 0.3 is 0 Å². The van der Waals surface area contributed by atoms with Gasteiger partial charge in [0.15, 0.2) is 0 Å². The minimum atomic E-state index is 1.09. The zero-order valence-electron chi connectivity index (χ0n) is 13.7. The summed E-state index contributed by atoms with van der Waals surface area (Å²) in [7, 11) is 0. The lowest BCUT2D eigenvalue weighted by Crippen LogP contribution is -1.83. The average molecular weight is 385 g/mol. The van der Waals surface area contributed by atoms with E-state index in [0.29, 0.717) is 0 Å². The van der Waals surface area contributed by atoms with Gasteiger partial charge < -0.3 is 0 Å². The van der Waals surface area contributed by atoms with Crippen LogP contribution >= 0.6 is 15.9 Å². The molecule has 0 radical (unpaired) electrons. The molecule has 4 rings (SSSR count). The molecule has 4 aromatic rings. The van der Waals surface area contributed by atoms with E-state index < -0.39 is 0 Å². The Kier molecular flexibility index (Phi) is 4.49. The highest BCUT2D eigenvalue weighted by atomic mass is 79.9. The van der Waals surface area contributed by atoms with Crippen molar-refractivity contribution in [2.45, 2.75) is 0 Å². The van der Waals surface area contributed by atoms with Crippen LogP contribution in [0.1, 0.15) is 0 Å². The smallest absolute Gasteiger partial charge is 0.0187 e. The molecule has 25 heavy (non-hydrogen) atoms. The highest BCUT2D eigenvalue weighted by Gasteiger charge is 2.05. The maximum absolute atomic E-state index is 3.66. The summed E-state index contributed by atoms with van der Waals surface area (Å²) in [5.74, 6) is 0. The van der Waals surface area contributed by atoms with Crippen molar-refractivity contribution in [2.24, 2.45) is 0 Å². The van der Waals surface area contributed by atoms with Crippen LogP contribution in [-0.2, 0) is 0 Å². The third-order valence-corrected chi connectivity index (χ3v) is 4.79. The molecule has 0 amide bonds. The van der Waals surface area contributed by atoms with E-state index in [4.69, 9.17) is 0 Å². The van der Waals surface area contributed by atoms with Crippen molar-refractivity contribution in [2.75, 3.05) is 0 Å². The van der Waals surface area contributed by atoms with E-state index in [1.165, 1.54) is 33.4 Å². The molecule has 4 aromatic carbocycles. The molecular weight excluding hydrogens is 368 g/mol. The van der Waals surface area contributed by atoms with Crippen molar-refractivity contribution in [3.05, 3.63) is 108 Å². The van der Waals surface area contributed by atoms with Gasteiger partial charge in [0.2, 0.25) is 0 Å². The molecule has 0 spiro atoms. The Morgan fingerprint density at radius 1 is 0.360 bits per heavy atom. The van der Waals surface area contributed by atoms with E-state index in [1.54, 1.807) is 0 Å². The van der Waals surface area contributed by atoms with Gasteiger partial charge in [-0.15, -0.1) is 0 Å². The fourth-order valence-electron chi connectivity index (χ4n) is 3.04. The number of rotatable bonds is 3. The van der Waals surface area contributed by atoms with E-state index in [2.05, 4.69) is 107 Å². The molecule has 120 valence electrons. The molecule has 1 heteroatoms. The van der Waals surface area contributed by atoms with E-state index >= 15 is 0 Å². The van der Waals surface area contributed by atoms with Crippen molar-refractivity contribution < 1.29 is 0 Å². The standard InChI is InChI=1S/C24H17Br/c25-24-16-22(19-9-5-2-6-10-19)15-23(17-24)21-13-11-20(12-14-21)18-7-3-1-4-8-18/h1-17H. The van der Waals surface area contributed by atoms with Crippen molar-refractivity contribution >= 4 is 15.9 Å². The summed E-state index contributed by atoms with van der Waals surface area (Å²) in [4.78, 5) is 0. The summed E-state index contributed by atoms with van der Waals surface area (Å²) < 4.78 is 1.09. The SMILES string of the molecule is Brc1cc(-c2ccccc2)cc(-c2ccc(-c3ccccc3)cc2)c1. The number of benzene rings is 4. The largest absolute Gasteiger partial charge is 0.0622 e. The van der Waals surface area contributed by atoms with E-state index in [1.807, 2.05) is 12.1 Å². The van der Waals surface area contributed by atoms with Gasteiger partial charge in [0.05, 0.1) is 0 Å². The summed E-state index contributed by atoms with van der Waals surface area (Å²) in [6.07, 6.45) is 0. The van der Waals surface area contributed by atoms with Crippen molar-refractivity contribution in [1.82, 2.24) is 0 Å². The molecule has 0 atom stereocenters. The van der Waals surface area contributed by atoms with Crippen molar-refractivity contribution in [3.63, 3.8) is 0 Å². The molecule has 0 aliphatic heterocycles. The van der Waals surface area contributed by atoms with E-state index in [9.17, 15) is 0 Å². The summed E-state index contributed by atoms with van der Waals surface area (Å²) in [5, 5.41) is 0. The van der Waals surface area contributed by atoms with Crippen molar-refractivity contribution in [3.8, 4) is 33.4 Å². The van der Waals surface area contributed by atoms with Crippen molar-refractivity contribution in [1.29, 1.82) is 0 Å². The highest BCUT2D eigenvalue weighted by Crippen LogP contribution is 2.31. The first kappa shape index (κ1) is 15.9. The van der Waals surface area contributed by atoms with Crippen LogP contribution in [0.2, 0.25) is 0 Å². The Morgan fingerprint density at radius 3 is 1.20 bits per heavy atom. The lowest BCUT2D eigenvalue weighted by Gasteiger charge is -2.09. The van der Waals surface area contributed by atoms with Crippen LogP contribution in [0.25, 0.3) is 33.4 Å². The number of halogens is 1. The van der Waals surface area contributed by atoms with Gasteiger partial charge in [0, 0.05) is 4.47 Å². The van der Waals surface area contributed by atoms with Crippen LogP contribution in [0.4, 0.5) is 0 Å². The fourth-order valence-corrected chi connectivity index (χ4v) is 3.53. The monoisotopic (exact) mass is 384 g/mol. The lowest BCUT2D eigenvalue weighted by molar-refractivity contribution is 1.56. The van der Waals surface area contributed by atoms with Crippen LogP contribution in [0, 0.1) is 0 Å². The van der Waals surface area contributed by atoms with Gasteiger partial charge in [-0.25, -0.2) is 0 Å². The Hall–Kier alpha value is -2.64. The topological polar surface area (TPSA) is 0 Å². The summed E-state index contributed by atoms with van der Waals surface area (Å²) in [6, 6.07) is 36.3. The molecule has 0 saturated carbocycles. The summed E-state index contributed by atoms with van der Waals surface area (Å²) >= 11 is 3.66. The zero-order valence-corrected chi connectivity index (χ0v) is 15.3. The molecule has 0 aliphatic carbocycles. The second kappa shape index (κ2) is 7.08. The molecule has 0 saturated heterocycles. The van der Waals surface area contributed by atoms with Gasteiger partial charge in [0.25, 0.3) is 0 Å². The third-order valence-electron chi connectivity index (χ3n) is 4.33. The van der Waals surface area contributed by atoms with Crippen LogP contribution in [0.3, 0.4) is 0 Å². The first-order chi connectivity index (χ1) is 12.3.